The Balaban J connectivity index is 2.23. The third-order valence-corrected chi connectivity index (χ3v) is 3.75. The molecule has 0 radical (unpaired) electrons. The molecule has 0 spiro atoms. The molecule has 0 fully saturated rings. The number of hydrogen-bond donors (Lipinski definition) is 0. The standard InChI is InChI=1S/C17H21NO4/c1-3-21-16(19)14-8-7-12(13-6-5-9-18-11-13)10-15(14)17(20)22-4-2/h5-7,9,11,14-15H,3-4,8,10H2,1-2H3. The van der Waals surface area contributed by atoms with Crippen molar-refractivity contribution in [3.63, 3.8) is 0 Å². The zero-order valence-electron chi connectivity index (χ0n) is 13.0. The quantitative estimate of drug-likeness (QED) is 0.782. The Labute approximate surface area is 130 Å². The number of aromatic nitrogens is 1. The van der Waals surface area contributed by atoms with Crippen LogP contribution in [0.2, 0.25) is 0 Å². The molecule has 0 aliphatic heterocycles. The lowest BCUT2D eigenvalue weighted by Crippen LogP contribution is -2.34. The van der Waals surface area contributed by atoms with Gasteiger partial charge in [-0.1, -0.05) is 12.1 Å². The highest BCUT2D eigenvalue weighted by Gasteiger charge is 2.38. The molecule has 0 saturated heterocycles. The van der Waals surface area contributed by atoms with Gasteiger partial charge < -0.3 is 9.47 Å². The Morgan fingerprint density at radius 3 is 2.45 bits per heavy atom. The number of pyridine rings is 1. The molecule has 118 valence electrons. The summed E-state index contributed by atoms with van der Waals surface area (Å²) in [5.74, 6) is -1.64. The fourth-order valence-electron chi connectivity index (χ4n) is 2.69. The number of carbonyl (C=O) groups excluding carboxylic acids is 2. The summed E-state index contributed by atoms with van der Waals surface area (Å²) in [6, 6.07) is 3.80. The van der Waals surface area contributed by atoms with Gasteiger partial charge in [-0.25, -0.2) is 0 Å². The van der Waals surface area contributed by atoms with Gasteiger partial charge in [0.1, 0.15) is 0 Å². The van der Waals surface area contributed by atoms with E-state index in [9.17, 15) is 9.59 Å². The molecule has 1 heterocycles. The lowest BCUT2D eigenvalue weighted by molar-refractivity contribution is -0.160. The fourth-order valence-corrected chi connectivity index (χ4v) is 2.69. The first-order chi connectivity index (χ1) is 10.7. The van der Waals surface area contributed by atoms with Crippen LogP contribution in [0.1, 0.15) is 32.3 Å². The summed E-state index contributed by atoms with van der Waals surface area (Å²) in [7, 11) is 0. The number of hydrogen-bond acceptors (Lipinski definition) is 5. The molecule has 2 atom stereocenters. The van der Waals surface area contributed by atoms with Gasteiger partial charge in [0.2, 0.25) is 0 Å². The van der Waals surface area contributed by atoms with Crippen LogP contribution in [0.3, 0.4) is 0 Å². The van der Waals surface area contributed by atoms with E-state index in [1.807, 2.05) is 18.2 Å². The molecular formula is C17H21NO4. The monoisotopic (exact) mass is 303 g/mol. The van der Waals surface area contributed by atoms with E-state index in [1.165, 1.54) is 0 Å². The van der Waals surface area contributed by atoms with Gasteiger partial charge in [-0.2, -0.15) is 0 Å². The van der Waals surface area contributed by atoms with E-state index >= 15 is 0 Å². The second-order valence-electron chi connectivity index (χ2n) is 5.13. The summed E-state index contributed by atoms with van der Waals surface area (Å²) in [5, 5.41) is 0. The predicted octanol–water partition coefficient (Wildman–Crippen LogP) is 2.62. The molecule has 1 aromatic heterocycles. The summed E-state index contributed by atoms with van der Waals surface area (Å²) in [6.07, 6.45) is 6.41. The highest BCUT2D eigenvalue weighted by molar-refractivity contribution is 5.85. The van der Waals surface area contributed by atoms with Crippen molar-refractivity contribution in [2.75, 3.05) is 13.2 Å². The summed E-state index contributed by atoms with van der Waals surface area (Å²) in [4.78, 5) is 28.4. The molecule has 2 unspecified atom stereocenters. The summed E-state index contributed by atoms with van der Waals surface area (Å²) in [6.45, 7) is 4.13. The van der Waals surface area contributed by atoms with Crippen LogP contribution in [-0.2, 0) is 19.1 Å². The van der Waals surface area contributed by atoms with Crippen molar-refractivity contribution in [1.29, 1.82) is 0 Å². The van der Waals surface area contributed by atoms with Crippen LogP contribution in [0.15, 0.2) is 30.6 Å². The highest BCUT2D eigenvalue weighted by Crippen LogP contribution is 2.36. The van der Waals surface area contributed by atoms with E-state index in [1.54, 1.807) is 26.2 Å². The van der Waals surface area contributed by atoms with Gasteiger partial charge in [-0.15, -0.1) is 0 Å². The van der Waals surface area contributed by atoms with Crippen molar-refractivity contribution >= 4 is 17.5 Å². The number of rotatable bonds is 5. The third kappa shape index (κ3) is 3.72. The van der Waals surface area contributed by atoms with Crippen molar-refractivity contribution < 1.29 is 19.1 Å². The van der Waals surface area contributed by atoms with E-state index < -0.39 is 11.8 Å². The molecule has 0 saturated carbocycles. The van der Waals surface area contributed by atoms with Gasteiger partial charge in [0.05, 0.1) is 25.0 Å². The summed E-state index contributed by atoms with van der Waals surface area (Å²) >= 11 is 0. The molecule has 0 amide bonds. The molecule has 0 N–H and O–H groups in total. The number of carbonyl (C=O) groups is 2. The summed E-state index contributed by atoms with van der Waals surface area (Å²) < 4.78 is 10.2. The number of allylic oxidation sites excluding steroid dienone is 2. The SMILES string of the molecule is CCOC(=O)C1CC=C(c2cccnc2)CC1C(=O)OCC. The van der Waals surface area contributed by atoms with Crippen LogP contribution in [0.25, 0.3) is 5.57 Å². The summed E-state index contributed by atoms with van der Waals surface area (Å²) in [5.41, 5.74) is 1.99. The number of esters is 2. The fraction of sp³-hybridized carbons (Fsp3) is 0.471. The Morgan fingerprint density at radius 2 is 1.86 bits per heavy atom. The molecule has 2 rings (SSSR count). The minimum absolute atomic E-state index is 0.302. The van der Waals surface area contributed by atoms with E-state index in [4.69, 9.17) is 9.47 Å². The molecule has 1 aromatic rings. The van der Waals surface area contributed by atoms with Crippen LogP contribution in [0.5, 0.6) is 0 Å². The second-order valence-corrected chi connectivity index (χ2v) is 5.13. The largest absolute Gasteiger partial charge is 0.466 e. The van der Waals surface area contributed by atoms with E-state index in [2.05, 4.69) is 4.98 Å². The van der Waals surface area contributed by atoms with Crippen LogP contribution >= 0.6 is 0 Å². The van der Waals surface area contributed by atoms with E-state index in [0.29, 0.717) is 26.1 Å². The number of ether oxygens (including phenoxy) is 2. The van der Waals surface area contributed by atoms with Crippen molar-refractivity contribution in [3.05, 3.63) is 36.2 Å². The molecular weight excluding hydrogens is 282 g/mol. The minimum atomic E-state index is -0.501. The van der Waals surface area contributed by atoms with Crippen LogP contribution in [0.4, 0.5) is 0 Å². The van der Waals surface area contributed by atoms with Crippen molar-refractivity contribution in [1.82, 2.24) is 4.98 Å². The van der Waals surface area contributed by atoms with Crippen molar-refractivity contribution in [2.24, 2.45) is 11.8 Å². The molecule has 22 heavy (non-hydrogen) atoms. The van der Waals surface area contributed by atoms with E-state index in [0.717, 1.165) is 11.1 Å². The number of nitrogens with zero attached hydrogens (tertiary/aromatic N) is 1. The Morgan fingerprint density at radius 1 is 1.18 bits per heavy atom. The average Bonchev–Trinajstić information content (AvgIpc) is 2.55. The first-order valence-corrected chi connectivity index (χ1v) is 7.60. The maximum atomic E-state index is 12.2. The first-order valence-electron chi connectivity index (χ1n) is 7.60. The van der Waals surface area contributed by atoms with Gasteiger partial charge >= 0.3 is 11.9 Å². The van der Waals surface area contributed by atoms with Gasteiger partial charge in [-0.05, 0) is 43.9 Å². The van der Waals surface area contributed by atoms with Crippen LogP contribution in [-0.4, -0.2) is 30.1 Å². The lowest BCUT2D eigenvalue weighted by Gasteiger charge is -2.28. The third-order valence-electron chi connectivity index (χ3n) is 3.75. The van der Waals surface area contributed by atoms with Gasteiger partial charge in [0.25, 0.3) is 0 Å². The Hall–Kier alpha value is -2.17. The van der Waals surface area contributed by atoms with Crippen LogP contribution < -0.4 is 0 Å². The van der Waals surface area contributed by atoms with Crippen molar-refractivity contribution in [2.45, 2.75) is 26.7 Å². The van der Waals surface area contributed by atoms with Crippen LogP contribution in [0, 0.1) is 11.8 Å². The molecule has 5 nitrogen and oxygen atoms in total. The zero-order chi connectivity index (χ0) is 15.9. The molecule has 5 heteroatoms. The predicted molar refractivity (Wildman–Crippen MR) is 81.7 cm³/mol. The second kappa shape index (κ2) is 7.73. The van der Waals surface area contributed by atoms with Gasteiger partial charge in [-0.3, -0.25) is 14.6 Å². The average molecular weight is 303 g/mol. The van der Waals surface area contributed by atoms with E-state index in [-0.39, 0.29) is 11.9 Å². The molecule has 0 bridgehead atoms. The normalized spacial score (nSPS) is 20.9. The molecule has 1 aliphatic rings. The first kappa shape index (κ1) is 16.2. The van der Waals surface area contributed by atoms with Gasteiger partial charge in [0, 0.05) is 12.4 Å². The molecule has 1 aliphatic carbocycles. The maximum absolute atomic E-state index is 12.2. The Bertz CT molecular complexity index is 553. The lowest BCUT2D eigenvalue weighted by atomic mass is 9.78. The maximum Gasteiger partial charge on any atom is 0.310 e. The minimum Gasteiger partial charge on any atom is -0.466 e. The van der Waals surface area contributed by atoms with Gasteiger partial charge in [0.15, 0.2) is 0 Å². The van der Waals surface area contributed by atoms with Crippen molar-refractivity contribution in [3.8, 4) is 0 Å². The highest BCUT2D eigenvalue weighted by atomic mass is 16.5. The Kier molecular flexibility index (Phi) is 5.69. The smallest absolute Gasteiger partial charge is 0.310 e. The topological polar surface area (TPSA) is 65.5 Å². The molecule has 0 aromatic carbocycles. The zero-order valence-corrected chi connectivity index (χ0v) is 13.0.